The SMILES string of the molecule is CC(=O)c1cccc(OC(C)C(=O)NCc2ccc(OCC3CC3)nc2)c1. The average Bonchev–Trinajstić information content (AvgIpc) is 3.50. The number of ether oxygens (including phenoxy) is 2. The molecule has 1 saturated carbocycles. The molecule has 1 N–H and O–H groups in total. The van der Waals surface area contributed by atoms with Gasteiger partial charge in [0, 0.05) is 24.4 Å². The van der Waals surface area contributed by atoms with Crippen molar-refractivity contribution >= 4 is 11.7 Å². The van der Waals surface area contributed by atoms with E-state index < -0.39 is 6.10 Å². The Labute approximate surface area is 158 Å². The van der Waals surface area contributed by atoms with E-state index in [1.165, 1.54) is 19.8 Å². The maximum atomic E-state index is 12.2. The molecule has 2 aromatic rings. The highest BCUT2D eigenvalue weighted by Crippen LogP contribution is 2.29. The first kappa shape index (κ1) is 18.9. The monoisotopic (exact) mass is 368 g/mol. The van der Waals surface area contributed by atoms with Crippen molar-refractivity contribution in [1.82, 2.24) is 10.3 Å². The van der Waals surface area contributed by atoms with E-state index in [4.69, 9.17) is 9.47 Å². The molecule has 0 radical (unpaired) electrons. The lowest BCUT2D eigenvalue weighted by Crippen LogP contribution is -2.35. The number of rotatable bonds is 9. The van der Waals surface area contributed by atoms with Gasteiger partial charge >= 0.3 is 0 Å². The standard InChI is InChI=1S/C21H24N2O4/c1-14(24)18-4-3-5-19(10-18)27-15(2)21(25)23-12-17-8-9-20(22-11-17)26-13-16-6-7-16/h3-5,8-11,15-16H,6-7,12-13H2,1-2H3,(H,23,25). The van der Waals surface area contributed by atoms with Crippen LogP contribution in [0, 0.1) is 5.92 Å². The molecule has 0 saturated heterocycles. The number of amides is 1. The molecule has 6 nitrogen and oxygen atoms in total. The molecule has 1 aromatic heterocycles. The molecule has 0 aliphatic heterocycles. The van der Waals surface area contributed by atoms with Crippen LogP contribution in [0.1, 0.15) is 42.6 Å². The van der Waals surface area contributed by atoms with Gasteiger partial charge in [0.05, 0.1) is 6.61 Å². The van der Waals surface area contributed by atoms with Crippen LogP contribution in [-0.4, -0.2) is 29.4 Å². The van der Waals surface area contributed by atoms with E-state index in [-0.39, 0.29) is 11.7 Å². The Morgan fingerprint density at radius 2 is 2.07 bits per heavy atom. The molecule has 0 bridgehead atoms. The fourth-order valence-electron chi connectivity index (χ4n) is 2.47. The van der Waals surface area contributed by atoms with Gasteiger partial charge in [-0.25, -0.2) is 4.98 Å². The van der Waals surface area contributed by atoms with Crippen molar-refractivity contribution in [3.63, 3.8) is 0 Å². The molecular weight excluding hydrogens is 344 g/mol. The third-order valence-corrected chi connectivity index (χ3v) is 4.35. The van der Waals surface area contributed by atoms with Crippen LogP contribution < -0.4 is 14.8 Å². The van der Waals surface area contributed by atoms with Gasteiger partial charge in [-0.1, -0.05) is 18.2 Å². The molecule has 1 aliphatic rings. The smallest absolute Gasteiger partial charge is 0.261 e. The van der Waals surface area contributed by atoms with E-state index >= 15 is 0 Å². The number of ketones is 1. The molecule has 1 unspecified atom stereocenters. The topological polar surface area (TPSA) is 77.5 Å². The summed E-state index contributed by atoms with van der Waals surface area (Å²) in [7, 11) is 0. The molecular formula is C21H24N2O4. The van der Waals surface area contributed by atoms with Crippen molar-refractivity contribution in [3.8, 4) is 11.6 Å². The largest absolute Gasteiger partial charge is 0.481 e. The van der Waals surface area contributed by atoms with Gasteiger partial charge in [-0.2, -0.15) is 0 Å². The van der Waals surface area contributed by atoms with Gasteiger partial charge in [0.2, 0.25) is 5.88 Å². The quantitative estimate of drug-likeness (QED) is 0.688. The molecule has 6 heteroatoms. The van der Waals surface area contributed by atoms with Crippen LogP contribution in [0.2, 0.25) is 0 Å². The number of nitrogens with one attached hydrogen (secondary N) is 1. The summed E-state index contributed by atoms with van der Waals surface area (Å²) >= 11 is 0. The van der Waals surface area contributed by atoms with Gasteiger partial charge in [0.25, 0.3) is 5.91 Å². The Balaban J connectivity index is 1.46. The van der Waals surface area contributed by atoms with Gasteiger partial charge in [0.1, 0.15) is 5.75 Å². The first-order valence-corrected chi connectivity index (χ1v) is 9.14. The number of nitrogens with zero attached hydrogens (tertiary/aromatic N) is 1. The third-order valence-electron chi connectivity index (χ3n) is 4.35. The van der Waals surface area contributed by atoms with Gasteiger partial charge in [-0.3, -0.25) is 9.59 Å². The second-order valence-electron chi connectivity index (χ2n) is 6.82. The van der Waals surface area contributed by atoms with Crippen molar-refractivity contribution < 1.29 is 19.1 Å². The highest BCUT2D eigenvalue weighted by atomic mass is 16.5. The summed E-state index contributed by atoms with van der Waals surface area (Å²) in [4.78, 5) is 27.9. The Kier molecular flexibility index (Phi) is 6.06. The highest BCUT2D eigenvalue weighted by Gasteiger charge is 2.22. The van der Waals surface area contributed by atoms with Gasteiger partial charge < -0.3 is 14.8 Å². The number of benzene rings is 1. The molecule has 0 spiro atoms. The number of pyridine rings is 1. The van der Waals surface area contributed by atoms with Gasteiger partial charge in [0.15, 0.2) is 11.9 Å². The van der Waals surface area contributed by atoms with E-state index in [1.54, 1.807) is 37.4 Å². The third kappa shape index (κ3) is 5.81. The molecule has 1 aliphatic carbocycles. The van der Waals surface area contributed by atoms with Crippen molar-refractivity contribution in [2.75, 3.05) is 6.61 Å². The Morgan fingerprint density at radius 1 is 1.26 bits per heavy atom. The van der Waals surface area contributed by atoms with Crippen molar-refractivity contribution in [2.45, 2.75) is 39.3 Å². The number of aromatic nitrogens is 1. The predicted octanol–water partition coefficient (Wildman–Crippen LogP) is 3.16. The normalized spacial score (nSPS) is 14.3. The maximum absolute atomic E-state index is 12.2. The lowest BCUT2D eigenvalue weighted by molar-refractivity contribution is -0.127. The number of hydrogen-bond donors (Lipinski definition) is 1. The summed E-state index contributed by atoms with van der Waals surface area (Å²) in [6, 6.07) is 10.5. The Morgan fingerprint density at radius 3 is 2.74 bits per heavy atom. The van der Waals surface area contributed by atoms with Crippen LogP contribution in [0.4, 0.5) is 0 Å². The minimum atomic E-state index is -0.679. The summed E-state index contributed by atoms with van der Waals surface area (Å²) < 4.78 is 11.2. The summed E-state index contributed by atoms with van der Waals surface area (Å²) in [5.41, 5.74) is 1.43. The maximum Gasteiger partial charge on any atom is 0.261 e. The van der Waals surface area contributed by atoms with E-state index in [2.05, 4.69) is 10.3 Å². The molecule has 1 amide bonds. The first-order chi connectivity index (χ1) is 13.0. The summed E-state index contributed by atoms with van der Waals surface area (Å²) in [5.74, 6) is 1.50. The second-order valence-corrected chi connectivity index (χ2v) is 6.82. The number of carbonyl (C=O) groups excluding carboxylic acids is 2. The molecule has 142 valence electrons. The van der Waals surface area contributed by atoms with E-state index in [0.29, 0.717) is 29.7 Å². The molecule has 3 rings (SSSR count). The lowest BCUT2D eigenvalue weighted by Gasteiger charge is -2.15. The summed E-state index contributed by atoms with van der Waals surface area (Å²) in [5, 5.41) is 2.82. The second kappa shape index (κ2) is 8.66. The summed E-state index contributed by atoms with van der Waals surface area (Å²) in [6.45, 7) is 4.24. The van der Waals surface area contributed by atoms with Crippen molar-refractivity contribution in [2.24, 2.45) is 5.92 Å². The molecule has 1 heterocycles. The van der Waals surface area contributed by atoms with Crippen molar-refractivity contribution in [3.05, 3.63) is 53.7 Å². The van der Waals surface area contributed by atoms with E-state index in [9.17, 15) is 9.59 Å². The van der Waals surface area contributed by atoms with Crippen LogP contribution >= 0.6 is 0 Å². The minimum Gasteiger partial charge on any atom is -0.481 e. The van der Waals surface area contributed by atoms with Crippen molar-refractivity contribution in [1.29, 1.82) is 0 Å². The van der Waals surface area contributed by atoms with Crippen LogP contribution in [-0.2, 0) is 11.3 Å². The lowest BCUT2D eigenvalue weighted by atomic mass is 10.1. The Hall–Kier alpha value is -2.89. The molecule has 1 aromatic carbocycles. The fourth-order valence-corrected chi connectivity index (χ4v) is 2.47. The van der Waals surface area contributed by atoms with Gasteiger partial charge in [-0.15, -0.1) is 0 Å². The zero-order chi connectivity index (χ0) is 19.2. The number of carbonyl (C=O) groups is 2. The van der Waals surface area contributed by atoms with Gasteiger partial charge in [-0.05, 0) is 50.3 Å². The number of Topliss-reactive ketones (excluding diaryl/α,β-unsaturated/α-hetero) is 1. The first-order valence-electron chi connectivity index (χ1n) is 9.14. The number of hydrogen-bond acceptors (Lipinski definition) is 5. The summed E-state index contributed by atoms with van der Waals surface area (Å²) in [6.07, 6.45) is 3.50. The predicted molar refractivity (Wildman–Crippen MR) is 101 cm³/mol. The minimum absolute atomic E-state index is 0.0467. The van der Waals surface area contributed by atoms with Crippen LogP contribution in [0.25, 0.3) is 0 Å². The zero-order valence-corrected chi connectivity index (χ0v) is 15.6. The molecule has 1 atom stereocenters. The van der Waals surface area contributed by atoms with Crippen LogP contribution in [0.3, 0.4) is 0 Å². The fraction of sp³-hybridized carbons (Fsp3) is 0.381. The highest BCUT2D eigenvalue weighted by molar-refractivity contribution is 5.94. The van der Waals surface area contributed by atoms with Crippen LogP contribution in [0.15, 0.2) is 42.6 Å². The molecule has 1 fully saturated rings. The van der Waals surface area contributed by atoms with E-state index in [1.807, 2.05) is 12.1 Å². The van der Waals surface area contributed by atoms with Crippen LogP contribution in [0.5, 0.6) is 11.6 Å². The average molecular weight is 368 g/mol. The van der Waals surface area contributed by atoms with E-state index in [0.717, 1.165) is 12.2 Å². The zero-order valence-electron chi connectivity index (χ0n) is 15.6. The molecule has 27 heavy (non-hydrogen) atoms. The Bertz CT molecular complexity index is 800.